The third-order valence-corrected chi connectivity index (χ3v) is 5.07. The van der Waals surface area contributed by atoms with Gasteiger partial charge in [0.05, 0.1) is 12.2 Å². The Bertz CT molecular complexity index is 983. The van der Waals surface area contributed by atoms with Crippen molar-refractivity contribution in [2.24, 2.45) is 0 Å². The summed E-state index contributed by atoms with van der Waals surface area (Å²) in [5, 5.41) is 4.10. The van der Waals surface area contributed by atoms with Crippen LogP contribution in [-0.2, 0) is 16.0 Å². The third-order valence-electron chi connectivity index (χ3n) is 4.06. The van der Waals surface area contributed by atoms with Gasteiger partial charge in [0.25, 0.3) is 5.78 Å². The zero-order chi connectivity index (χ0) is 19.4. The minimum Gasteiger partial charge on any atom is -0.273 e. The summed E-state index contributed by atoms with van der Waals surface area (Å²) < 4.78 is 1.59. The van der Waals surface area contributed by atoms with Crippen molar-refractivity contribution in [2.75, 3.05) is 5.75 Å². The van der Waals surface area contributed by atoms with E-state index >= 15 is 0 Å². The number of nitrogens with zero attached hydrogens (tertiary/aromatic N) is 4. The average Bonchev–Trinajstić information content (AvgIpc) is 3.11. The van der Waals surface area contributed by atoms with Gasteiger partial charge in [0.2, 0.25) is 11.8 Å². The summed E-state index contributed by atoms with van der Waals surface area (Å²) in [5.41, 5.74) is 8.32. The minimum atomic E-state index is -0.323. The first kappa shape index (κ1) is 18.8. The van der Waals surface area contributed by atoms with Crippen LogP contribution in [0.5, 0.6) is 0 Å². The molecule has 3 aromatic rings. The second-order valence-electron chi connectivity index (χ2n) is 6.11. The molecule has 2 aromatic heterocycles. The molecule has 0 unspecified atom stereocenters. The van der Waals surface area contributed by atoms with Gasteiger partial charge in [0.1, 0.15) is 6.33 Å². The molecular weight excluding hydrogens is 364 g/mol. The first-order valence-electron chi connectivity index (χ1n) is 8.37. The van der Waals surface area contributed by atoms with Crippen LogP contribution >= 0.6 is 11.8 Å². The van der Waals surface area contributed by atoms with Gasteiger partial charge in [0.15, 0.2) is 0 Å². The van der Waals surface area contributed by atoms with Crippen molar-refractivity contribution in [2.45, 2.75) is 32.1 Å². The van der Waals surface area contributed by atoms with Gasteiger partial charge in [-0.25, -0.2) is 9.50 Å². The van der Waals surface area contributed by atoms with E-state index < -0.39 is 0 Å². The summed E-state index contributed by atoms with van der Waals surface area (Å²) >= 11 is 1.41. The number of amides is 2. The number of carbonyl (C=O) groups is 2. The van der Waals surface area contributed by atoms with Gasteiger partial charge >= 0.3 is 0 Å². The maximum Gasteiger partial charge on any atom is 0.252 e. The molecule has 0 radical (unpaired) electrons. The predicted octanol–water partition coefficient (Wildman–Crippen LogP) is 1.53. The first-order chi connectivity index (χ1) is 12.9. The molecule has 0 atom stereocenters. The van der Waals surface area contributed by atoms with Gasteiger partial charge < -0.3 is 0 Å². The monoisotopic (exact) mass is 384 g/mol. The number of fused-ring (bicyclic) bond motifs is 1. The normalized spacial score (nSPS) is 10.8. The van der Waals surface area contributed by atoms with Crippen LogP contribution in [0, 0.1) is 20.8 Å². The van der Waals surface area contributed by atoms with E-state index in [0.717, 1.165) is 16.2 Å². The number of aryl methyl sites for hydroxylation is 3. The van der Waals surface area contributed by atoms with Crippen molar-refractivity contribution in [3.63, 3.8) is 0 Å². The smallest absolute Gasteiger partial charge is 0.252 e. The van der Waals surface area contributed by atoms with Gasteiger partial charge in [-0.3, -0.25) is 20.4 Å². The molecule has 3 rings (SSSR count). The van der Waals surface area contributed by atoms with E-state index in [1.165, 1.54) is 23.7 Å². The van der Waals surface area contributed by atoms with E-state index in [4.69, 9.17) is 0 Å². The summed E-state index contributed by atoms with van der Waals surface area (Å²) in [6, 6.07) is 7.91. The second kappa shape index (κ2) is 8.17. The number of carbonyl (C=O) groups excluding carboxylic acids is 2. The molecule has 9 heteroatoms. The Morgan fingerprint density at radius 2 is 1.78 bits per heavy atom. The maximum atomic E-state index is 12.2. The van der Waals surface area contributed by atoms with E-state index in [2.05, 4.69) is 25.9 Å². The molecule has 0 spiro atoms. The molecule has 0 aliphatic heterocycles. The zero-order valence-corrected chi connectivity index (χ0v) is 16.1. The quantitative estimate of drug-likeness (QED) is 0.511. The predicted molar refractivity (Wildman–Crippen MR) is 102 cm³/mol. The first-order valence-corrected chi connectivity index (χ1v) is 9.35. The molecule has 27 heavy (non-hydrogen) atoms. The van der Waals surface area contributed by atoms with Crippen molar-refractivity contribution in [3.8, 4) is 0 Å². The molecule has 0 bridgehead atoms. The van der Waals surface area contributed by atoms with Crippen LogP contribution in [0.2, 0.25) is 0 Å². The van der Waals surface area contributed by atoms with Crippen LogP contribution in [0.15, 0.2) is 35.5 Å². The molecule has 8 nitrogen and oxygen atoms in total. The summed E-state index contributed by atoms with van der Waals surface area (Å²) in [6.45, 7) is 5.69. The van der Waals surface area contributed by atoms with Gasteiger partial charge in [0, 0.05) is 21.8 Å². The van der Waals surface area contributed by atoms with E-state index in [9.17, 15) is 9.59 Å². The van der Waals surface area contributed by atoms with Crippen LogP contribution in [0.1, 0.15) is 22.5 Å². The zero-order valence-electron chi connectivity index (χ0n) is 15.3. The van der Waals surface area contributed by atoms with Gasteiger partial charge in [-0.05, 0) is 32.9 Å². The van der Waals surface area contributed by atoms with Crippen molar-refractivity contribution < 1.29 is 9.59 Å². The van der Waals surface area contributed by atoms with Crippen LogP contribution < -0.4 is 10.9 Å². The van der Waals surface area contributed by atoms with Crippen molar-refractivity contribution in [1.82, 2.24) is 30.4 Å². The number of nitrogens with one attached hydrogen (secondary N) is 2. The standard InChI is InChI=1S/C18H20N6O2S/c1-11-4-6-14(7-5-11)27-9-17(26)23-22-16(25)8-15-12(2)21-18-19-10-20-24(18)13(15)3/h4-7,10H,8-9H2,1-3H3,(H,22,25)(H,23,26). The van der Waals surface area contributed by atoms with Crippen molar-refractivity contribution in [3.05, 3.63) is 53.1 Å². The maximum absolute atomic E-state index is 12.2. The molecule has 0 saturated carbocycles. The van der Waals surface area contributed by atoms with Crippen LogP contribution in [0.25, 0.3) is 5.78 Å². The number of hydrazine groups is 1. The largest absolute Gasteiger partial charge is 0.273 e. The second-order valence-corrected chi connectivity index (χ2v) is 7.16. The van der Waals surface area contributed by atoms with E-state index in [0.29, 0.717) is 11.5 Å². The Labute approximate surface area is 160 Å². The lowest BCUT2D eigenvalue weighted by molar-refractivity contribution is -0.127. The number of benzene rings is 1. The molecule has 2 heterocycles. The summed E-state index contributed by atoms with van der Waals surface area (Å²) in [7, 11) is 0. The number of rotatable bonds is 5. The Kier molecular flexibility index (Phi) is 5.70. The SMILES string of the molecule is Cc1ccc(SCC(=O)NNC(=O)Cc2c(C)nc3ncnn3c2C)cc1. The third kappa shape index (κ3) is 4.62. The lowest BCUT2D eigenvalue weighted by Gasteiger charge is -2.11. The van der Waals surface area contributed by atoms with Crippen molar-refractivity contribution >= 4 is 29.4 Å². The topological polar surface area (TPSA) is 101 Å². The Hall–Kier alpha value is -2.94. The molecule has 2 amide bonds. The fraction of sp³-hybridized carbons (Fsp3) is 0.278. The van der Waals surface area contributed by atoms with Crippen molar-refractivity contribution in [1.29, 1.82) is 0 Å². The fourth-order valence-corrected chi connectivity index (χ4v) is 3.27. The van der Waals surface area contributed by atoms with E-state index in [-0.39, 0.29) is 24.0 Å². The fourth-order valence-electron chi connectivity index (χ4n) is 2.57. The van der Waals surface area contributed by atoms with Crippen LogP contribution in [0.4, 0.5) is 0 Å². The highest BCUT2D eigenvalue weighted by molar-refractivity contribution is 8.00. The van der Waals surface area contributed by atoms with Gasteiger partial charge in [-0.1, -0.05) is 17.7 Å². The summed E-state index contributed by atoms with van der Waals surface area (Å²) in [6.07, 6.45) is 1.51. The Morgan fingerprint density at radius 3 is 2.52 bits per heavy atom. The number of hydrogen-bond acceptors (Lipinski definition) is 6. The van der Waals surface area contributed by atoms with E-state index in [1.54, 1.807) is 4.52 Å². The molecule has 0 aliphatic rings. The highest BCUT2D eigenvalue weighted by atomic mass is 32.2. The van der Waals surface area contributed by atoms with E-state index in [1.807, 2.05) is 45.0 Å². The summed E-state index contributed by atoms with van der Waals surface area (Å²) in [4.78, 5) is 33.5. The molecule has 1 aromatic carbocycles. The number of hydrogen-bond donors (Lipinski definition) is 2. The van der Waals surface area contributed by atoms with Crippen LogP contribution in [-0.4, -0.2) is 37.1 Å². The highest BCUT2D eigenvalue weighted by Gasteiger charge is 2.14. The molecule has 140 valence electrons. The lowest BCUT2D eigenvalue weighted by atomic mass is 10.1. The van der Waals surface area contributed by atoms with Gasteiger partial charge in [-0.15, -0.1) is 11.8 Å². The molecular formula is C18H20N6O2S. The van der Waals surface area contributed by atoms with Gasteiger partial charge in [-0.2, -0.15) is 10.1 Å². The molecule has 0 fully saturated rings. The number of aromatic nitrogens is 4. The average molecular weight is 384 g/mol. The Morgan fingerprint density at radius 1 is 1.07 bits per heavy atom. The number of thioether (sulfide) groups is 1. The minimum absolute atomic E-state index is 0.0891. The molecule has 2 N–H and O–H groups in total. The molecule has 0 aliphatic carbocycles. The van der Waals surface area contributed by atoms with Crippen LogP contribution in [0.3, 0.4) is 0 Å². The molecule has 0 saturated heterocycles. The summed E-state index contributed by atoms with van der Waals surface area (Å²) in [5.74, 6) is 0.118. The Balaban J connectivity index is 1.52. The lowest BCUT2D eigenvalue weighted by Crippen LogP contribution is -2.43. The highest BCUT2D eigenvalue weighted by Crippen LogP contribution is 2.17.